The second-order valence-electron chi connectivity index (χ2n) is 3.15. The van der Waals surface area contributed by atoms with Crippen LogP contribution in [0, 0.1) is 0 Å². The SMILES string of the molecule is CCSC1O[C@H](CO)[C@@H](O)[C@H](O)[C@@H]1O. The van der Waals surface area contributed by atoms with Gasteiger partial charge in [0.15, 0.2) is 0 Å². The van der Waals surface area contributed by atoms with Gasteiger partial charge in [-0.25, -0.2) is 0 Å². The van der Waals surface area contributed by atoms with Crippen LogP contribution in [-0.4, -0.2) is 62.6 Å². The first-order valence-electron chi connectivity index (χ1n) is 4.54. The predicted octanol–water partition coefficient (Wildman–Crippen LogP) is -1.46. The lowest BCUT2D eigenvalue weighted by Gasteiger charge is -2.39. The lowest BCUT2D eigenvalue weighted by Crippen LogP contribution is -2.57. The standard InChI is InChI=1S/C8H16O5S/c1-2-14-8-7(12)6(11)5(10)4(3-9)13-8/h4-12H,2-3H2,1H3/t4-,5-,6+,7+,8?/m1/s1. The predicted molar refractivity (Wildman–Crippen MR) is 51.9 cm³/mol. The van der Waals surface area contributed by atoms with Crippen molar-refractivity contribution in [2.45, 2.75) is 36.8 Å². The third-order valence-electron chi connectivity index (χ3n) is 2.18. The molecule has 6 heteroatoms. The van der Waals surface area contributed by atoms with Gasteiger partial charge < -0.3 is 25.2 Å². The van der Waals surface area contributed by atoms with Crippen LogP contribution < -0.4 is 0 Å². The Bertz CT molecular complexity index is 175. The number of hydrogen-bond acceptors (Lipinski definition) is 6. The maximum atomic E-state index is 9.51. The van der Waals surface area contributed by atoms with Gasteiger partial charge in [-0.15, -0.1) is 11.8 Å². The molecule has 84 valence electrons. The van der Waals surface area contributed by atoms with E-state index >= 15 is 0 Å². The van der Waals surface area contributed by atoms with Crippen LogP contribution >= 0.6 is 11.8 Å². The summed E-state index contributed by atoms with van der Waals surface area (Å²) in [7, 11) is 0. The molecule has 0 aromatic heterocycles. The summed E-state index contributed by atoms with van der Waals surface area (Å²) in [5.41, 5.74) is -0.587. The first kappa shape index (κ1) is 12.2. The number of aliphatic hydroxyl groups excluding tert-OH is 4. The van der Waals surface area contributed by atoms with E-state index in [0.29, 0.717) is 0 Å². The zero-order valence-corrected chi connectivity index (χ0v) is 8.72. The highest BCUT2D eigenvalue weighted by Gasteiger charge is 2.43. The Balaban J connectivity index is 2.63. The Labute approximate surface area is 86.7 Å². The van der Waals surface area contributed by atoms with Crippen molar-refractivity contribution in [2.24, 2.45) is 0 Å². The van der Waals surface area contributed by atoms with E-state index in [9.17, 15) is 15.3 Å². The van der Waals surface area contributed by atoms with Gasteiger partial charge in [0.05, 0.1) is 6.61 Å². The van der Waals surface area contributed by atoms with Crippen molar-refractivity contribution in [3.8, 4) is 0 Å². The van der Waals surface area contributed by atoms with E-state index in [1.165, 1.54) is 11.8 Å². The largest absolute Gasteiger partial charge is 0.394 e. The van der Waals surface area contributed by atoms with Gasteiger partial charge in [0.1, 0.15) is 29.9 Å². The van der Waals surface area contributed by atoms with E-state index in [0.717, 1.165) is 5.75 Å². The summed E-state index contributed by atoms with van der Waals surface area (Å²) in [5, 5.41) is 37.2. The molecule has 0 amide bonds. The van der Waals surface area contributed by atoms with Gasteiger partial charge in [-0.2, -0.15) is 0 Å². The second-order valence-corrected chi connectivity index (χ2v) is 4.53. The van der Waals surface area contributed by atoms with Crippen molar-refractivity contribution < 1.29 is 25.2 Å². The Morgan fingerprint density at radius 3 is 2.29 bits per heavy atom. The van der Waals surface area contributed by atoms with Crippen molar-refractivity contribution in [3.05, 3.63) is 0 Å². The summed E-state index contributed by atoms with van der Waals surface area (Å²) < 4.78 is 5.22. The maximum absolute atomic E-state index is 9.51. The minimum atomic E-state index is -1.26. The van der Waals surface area contributed by atoms with Gasteiger partial charge in [0, 0.05) is 0 Å². The minimum absolute atomic E-state index is 0.369. The lowest BCUT2D eigenvalue weighted by atomic mass is 10.0. The van der Waals surface area contributed by atoms with Gasteiger partial charge in [-0.05, 0) is 5.75 Å². The quantitative estimate of drug-likeness (QED) is 0.468. The third kappa shape index (κ3) is 2.39. The van der Waals surface area contributed by atoms with Gasteiger partial charge in [0.25, 0.3) is 0 Å². The average Bonchev–Trinajstić information content (AvgIpc) is 2.19. The molecule has 1 fully saturated rings. The fourth-order valence-electron chi connectivity index (χ4n) is 1.37. The smallest absolute Gasteiger partial charge is 0.132 e. The fourth-order valence-corrected chi connectivity index (χ4v) is 2.28. The number of ether oxygens (including phenoxy) is 1. The molecule has 1 saturated heterocycles. The summed E-state index contributed by atoms with van der Waals surface area (Å²) in [5.74, 6) is 0.725. The molecular weight excluding hydrogens is 208 g/mol. The molecule has 0 aromatic rings. The van der Waals surface area contributed by atoms with Gasteiger partial charge in [-0.1, -0.05) is 6.92 Å². The van der Waals surface area contributed by atoms with Crippen LogP contribution in [0.5, 0.6) is 0 Å². The molecule has 1 aliphatic heterocycles. The molecule has 0 aromatic carbocycles. The van der Waals surface area contributed by atoms with Gasteiger partial charge in [0.2, 0.25) is 0 Å². The number of rotatable bonds is 3. The van der Waals surface area contributed by atoms with E-state index in [1.807, 2.05) is 6.92 Å². The topological polar surface area (TPSA) is 90.2 Å². The normalized spacial score (nSPS) is 43.9. The Morgan fingerprint density at radius 1 is 1.14 bits per heavy atom. The molecule has 5 atom stereocenters. The monoisotopic (exact) mass is 224 g/mol. The van der Waals surface area contributed by atoms with E-state index in [1.54, 1.807) is 0 Å². The Kier molecular flexibility index (Phi) is 4.62. The zero-order chi connectivity index (χ0) is 10.7. The summed E-state index contributed by atoms with van der Waals surface area (Å²) in [6.45, 7) is 1.53. The summed E-state index contributed by atoms with van der Waals surface area (Å²) in [6, 6.07) is 0. The Hall–Kier alpha value is 0.150. The van der Waals surface area contributed by atoms with E-state index < -0.39 is 29.9 Å². The molecule has 4 N–H and O–H groups in total. The number of hydrogen-bond donors (Lipinski definition) is 4. The first-order chi connectivity index (χ1) is 6.61. The highest BCUT2D eigenvalue weighted by molar-refractivity contribution is 7.99. The molecule has 0 radical (unpaired) electrons. The van der Waals surface area contributed by atoms with E-state index in [2.05, 4.69) is 0 Å². The highest BCUT2D eigenvalue weighted by atomic mass is 32.2. The van der Waals surface area contributed by atoms with Crippen molar-refractivity contribution in [3.63, 3.8) is 0 Å². The molecule has 0 saturated carbocycles. The van der Waals surface area contributed by atoms with Crippen molar-refractivity contribution >= 4 is 11.8 Å². The van der Waals surface area contributed by atoms with Crippen LogP contribution in [0.4, 0.5) is 0 Å². The summed E-state index contributed by atoms with van der Waals surface area (Å²) in [6.07, 6.45) is -4.43. The second kappa shape index (κ2) is 5.29. The van der Waals surface area contributed by atoms with E-state index in [4.69, 9.17) is 9.84 Å². The first-order valence-corrected chi connectivity index (χ1v) is 5.58. The average molecular weight is 224 g/mol. The van der Waals surface area contributed by atoms with Crippen LogP contribution in [0.3, 0.4) is 0 Å². The lowest BCUT2D eigenvalue weighted by molar-refractivity contribution is -0.205. The minimum Gasteiger partial charge on any atom is -0.394 e. The van der Waals surface area contributed by atoms with Crippen molar-refractivity contribution in [1.82, 2.24) is 0 Å². The molecule has 14 heavy (non-hydrogen) atoms. The van der Waals surface area contributed by atoms with Crippen LogP contribution in [-0.2, 0) is 4.74 Å². The molecule has 0 spiro atoms. The molecule has 1 unspecified atom stereocenters. The van der Waals surface area contributed by atoms with E-state index in [-0.39, 0.29) is 6.61 Å². The van der Waals surface area contributed by atoms with Gasteiger partial charge in [-0.3, -0.25) is 0 Å². The van der Waals surface area contributed by atoms with Crippen LogP contribution in [0.25, 0.3) is 0 Å². The summed E-state index contributed by atoms with van der Waals surface area (Å²) >= 11 is 1.33. The maximum Gasteiger partial charge on any atom is 0.132 e. The third-order valence-corrected chi connectivity index (χ3v) is 3.23. The number of aliphatic hydroxyl groups is 4. The van der Waals surface area contributed by atoms with Crippen LogP contribution in [0.15, 0.2) is 0 Å². The zero-order valence-electron chi connectivity index (χ0n) is 7.91. The molecule has 0 bridgehead atoms. The molecule has 1 heterocycles. The van der Waals surface area contributed by atoms with Crippen molar-refractivity contribution in [1.29, 1.82) is 0 Å². The highest BCUT2D eigenvalue weighted by Crippen LogP contribution is 2.27. The molecule has 0 aliphatic carbocycles. The fraction of sp³-hybridized carbons (Fsp3) is 1.00. The number of thioether (sulfide) groups is 1. The molecule has 1 rings (SSSR count). The molecule has 5 nitrogen and oxygen atoms in total. The summed E-state index contributed by atoms with van der Waals surface area (Å²) in [4.78, 5) is 0. The van der Waals surface area contributed by atoms with Crippen LogP contribution in [0.1, 0.15) is 6.92 Å². The van der Waals surface area contributed by atoms with Crippen molar-refractivity contribution in [2.75, 3.05) is 12.4 Å². The molecular formula is C8H16O5S. The van der Waals surface area contributed by atoms with Crippen LogP contribution in [0.2, 0.25) is 0 Å². The van der Waals surface area contributed by atoms with Gasteiger partial charge >= 0.3 is 0 Å². The molecule has 1 aliphatic rings. The Morgan fingerprint density at radius 2 is 1.79 bits per heavy atom.